The van der Waals surface area contributed by atoms with Crippen LogP contribution in [0.1, 0.15) is 19.2 Å². The average Bonchev–Trinajstić information content (AvgIpc) is 2.70. The van der Waals surface area contributed by atoms with Gasteiger partial charge in [-0.2, -0.15) is 26.3 Å². The van der Waals surface area contributed by atoms with Crippen molar-refractivity contribution in [2.75, 3.05) is 0 Å². The molecule has 0 radical (unpaired) electrons. The van der Waals surface area contributed by atoms with Gasteiger partial charge in [0.25, 0.3) is 17.1 Å². The van der Waals surface area contributed by atoms with E-state index in [2.05, 4.69) is 9.97 Å². The number of amides is 1. The molecule has 2 aromatic rings. The fourth-order valence-corrected chi connectivity index (χ4v) is 3.24. The van der Waals surface area contributed by atoms with Gasteiger partial charge in [0, 0.05) is 0 Å². The Hall–Kier alpha value is -3.15. The highest BCUT2D eigenvalue weighted by atomic mass is 19.4. The Morgan fingerprint density at radius 1 is 1.22 bits per heavy atom. The number of aliphatic hydroxyl groups is 1. The maximum atomic E-state index is 13.7. The van der Waals surface area contributed by atoms with E-state index in [0.717, 1.165) is 6.08 Å². The SMILES string of the molecule is C[C@]1(C(F)(F)F)C=C(C(O)(C(=O)NCc2nc3ccccc3c(=O)[nH]2)C(F)(F)F)C=CC1. The van der Waals surface area contributed by atoms with Gasteiger partial charge in [0.1, 0.15) is 5.82 Å². The summed E-state index contributed by atoms with van der Waals surface area (Å²) >= 11 is 0. The maximum absolute atomic E-state index is 13.7. The van der Waals surface area contributed by atoms with Crippen LogP contribution in [0.5, 0.6) is 0 Å². The summed E-state index contributed by atoms with van der Waals surface area (Å²) in [5.74, 6) is -2.22. The summed E-state index contributed by atoms with van der Waals surface area (Å²) in [6.07, 6.45) is -9.55. The van der Waals surface area contributed by atoms with E-state index in [-0.39, 0.29) is 22.8 Å². The van der Waals surface area contributed by atoms with Crippen LogP contribution in [0.15, 0.2) is 52.9 Å². The number of halogens is 6. The molecule has 1 aromatic carbocycles. The second-order valence-corrected chi connectivity index (χ2v) is 7.54. The predicted molar refractivity (Wildman–Crippen MR) is 101 cm³/mol. The van der Waals surface area contributed by atoms with Crippen LogP contribution in [0.3, 0.4) is 0 Å². The Labute approximate surface area is 176 Å². The van der Waals surface area contributed by atoms with Crippen LogP contribution in [-0.4, -0.2) is 38.9 Å². The van der Waals surface area contributed by atoms with Crippen molar-refractivity contribution in [1.29, 1.82) is 0 Å². The van der Waals surface area contributed by atoms with Gasteiger partial charge in [0.15, 0.2) is 0 Å². The fourth-order valence-electron chi connectivity index (χ4n) is 3.24. The Morgan fingerprint density at radius 2 is 1.88 bits per heavy atom. The number of alkyl halides is 6. The Morgan fingerprint density at radius 3 is 2.50 bits per heavy atom. The molecule has 3 N–H and O–H groups in total. The van der Waals surface area contributed by atoms with Crippen LogP contribution in [-0.2, 0) is 11.3 Å². The topological polar surface area (TPSA) is 95.1 Å². The predicted octanol–water partition coefficient (Wildman–Crippen LogP) is 3.29. The van der Waals surface area contributed by atoms with Gasteiger partial charge in [-0.1, -0.05) is 30.4 Å². The van der Waals surface area contributed by atoms with Crippen LogP contribution in [0, 0.1) is 5.41 Å². The fraction of sp³-hybridized carbons (Fsp3) is 0.350. The van der Waals surface area contributed by atoms with Gasteiger partial charge >= 0.3 is 12.4 Å². The molecule has 0 saturated carbocycles. The number of hydrogen-bond acceptors (Lipinski definition) is 4. The highest BCUT2D eigenvalue weighted by Gasteiger charge is 2.63. The molecule has 0 aliphatic heterocycles. The molecule has 1 aliphatic rings. The lowest BCUT2D eigenvalue weighted by Gasteiger charge is -2.36. The third-order valence-corrected chi connectivity index (χ3v) is 5.20. The number of aromatic nitrogens is 2. The van der Waals surface area contributed by atoms with E-state index >= 15 is 0 Å². The highest BCUT2D eigenvalue weighted by molar-refractivity contribution is 5.90. The van der Waals surface area contributed by atoms with Crippen molar-refractivity contribution in [2.24, 2.45) is 5.41 Å². The first-order chi connectivity index (χ1) is 14.7. The van der Waals surface area contributed by atoms with E-state index in [9.17, 15) is 41.0 Å². The summed E-state index contributed by atoms with van der Waals surface area (Å²) in [6.45, 7) is -0.0558. The molecule has 1 aromatic heterocycles. The first-order valence-corrected chi connectivity index (χ1v) is 9.21. The summed E-state index contributed by atoms with van der Waals surface area (Å²) in [6, 6.07) is 6.08. The van der Waals surface area contributed by atoms with E-state index in [1.807, 2.05) is 0 Å². The standard InChI is InChI=1S/C20H17F6N3O3/c1-17(19(21,22)23)8-4-5-11(9-17)18(32,20(24,25)26)16(31)27-10-14-28-13-7-3-2-6-12(13)15(30)29-14/h2-7,9,32H,8,10H2,1H3,(H,27,31)(H,28,29,30)/t17-,18?/m1/s1. The first-order valence-electron chi connectivity index (χ1n) is 9.21. The van der Waals surface area contributed by atoms with E-state index in [4.69, 9.17) is 0 Å². The highest BCUT2D eigenvalue weighted by Crippen LogP contribution is 2.48. The number of benzene rings is 1. The van der Waals surface area contributed by atoms with Crippen LogP contribution in [0.2, 0.25) is 0 Å². The lowest BCUT2D eigenvalue weighted by molar-refractivity contribution is -0.239. The first kappa shape index (κ1) is 23.5. The van der Waals surface area contributed by atoms with Crippen molar-refractivity contribution in [3.63, 3.8) is 0 Å². The number of aromatic amines is 1. The van der Waals surface area contributed by atoms with Crippen LogP contribution >= 0.6 is 0 Å². The molecule has 1 unspecified atom stereocenters. The number of carbonyl (C=O) groups excluding carboxylic acids is 1. The molecule has 32 heavy (non-hydrogen) atoms. The second-order valence-electron chi connectivity index (χ2n) is 7.54. The largest absolute Gasteiger partial charge is 0.430 e. The molecule has 6 nitrogen and oxygen atoms in total. The summed E-state index contributed by atoms with van der Waals surface area (Å²) < 4.78 is 81.2. The average molecular weight is 461 g/mol. The number of para-hydroxylation sites is 1. The lowest BCUT2D eigenvalue weighted by atomic mass is 9.76. The van der Waals surface area contributed by atoms with Crippen LogP contribution < -0.4 is 10.9 Å². The molecule has 3 rings (SSSR count). The molecule has 1 amide bonds. The number of allylic oxidation sites excluding steroid dienone is 2. The van der Waals surface area contributed by atoms with Crippen molar-refractivity contribution in [3.8, 4) is 0 Å². The molecule has 0 spiro atoms. The zero-order chi connectivity index (χ0) is 23.9. The minimum absolute atomic E-state index is 0.205. The van der Waals surface area contributed by atoms with Crippen LogP contribution in [0.4, 0.5) is 26.3 Å². The van der Waals surface area contributed by atoms with Crippen molar-refractivity contribution in [1.82, 2.24) is 15.3 Å². The van der Waals surface area contributed by atoms with E-state index in [0.29, 0.717) is 13.0 Å². The van der Waals surface area contributed by atoms with Gasteiger partial charge in [-0.25, -0.2) is 4.98 Å². The van der Waals surface area contributed by atoms with E-state index < -0.39 is 53.4 Å². The number of rotatable bonds is 4. The third kappa shape index (κ3) is 4.01. The summed E-state index contributed by atoms with van der Waals surface area (Å²) in [7, 11) is 0. The van der Waals surface area contributed by atoms with Gasteiger partial charge in [-0.3, -0.25) is 9.59 Å². The minimum atomic E-state index is -5.64. The smallest absolute Gasteiger partial charge is 0.369 e. The van der Waals surface area contributed by atoms with Gasteiger partial charge in [-0.15, -0.1) is 0 Å². The number of nitrogens with one attached hydrogen (secondary N) is 2. The summed E-state index contributed by atoms with van der Waals surface area (Å²) in [4.78, 5) is 30.8. The van der Waals surface area contributed by atoms with Crippen molar-refractivity contribution >= 4 is 16.8 Å². The second kappa shape index (κ2) is 7.76. The zero-order valence-corrected chi connectivity index (χ0v) is 16.4. The molecule has 12 heteroatoms. The molecule has 0 bridgehead atoms. The molecular weight excluding hydrogens is 444 g/mol. The van der Waals surface area contributed by atoms with Crippen molar-refractivity contribution in [2.45, 2.75) is 37.8 Å². The molecule has 1 aliphatic carbocycles. The van der Waals surface area contributed by atoms with Gasteiger partial charge < -0.3 is 15.4 Å². The molecule has 172 valence electrons. The van der Waals surface area contributed by atoms with Crippen LogP contribution in [0.25, 0.3) is 10.9 Å². The molecule has 0 saturated heterocycles. The van der Waals surface area contributed by atoms with Gasteiger partial charge in [0.05, 0.1) is 22.9 Å². The maximum Gasteiger partial charge on any atom is 0.430 e. The number of hydrogen-bond donors (Lipinski definition) is 3. The molecule has 2 atom stereocenters. The zero-order valence-electron chi connectivity index (χ0n) is 16.4. The van der Waals surface area contributed by atoms with E-state index in [1.54, 1.807) is 17.4 Å². The quantitative estimate of drug-likeness (QED) is 0.609. The van der Waals surface area contributed by atoms with Gasteiger partial charge in [-0.05, 0) is 31.1 Å². The minimum Gasteiger partial charge on any atom is -0.369 e. The number of nitrogens with zero attached hydrogens (tertiary/aromatic N) is 1. The van der Waals surface area contributed by atoms with E-state index in [1.165, 1.54) is 12.1 Å². The Bertz CT molecular complexity index is 1170. The molecule has 0 fully saturated rings. The molecular formula is C20H17F6N3O3. The Kier molecular flexibility index (Phi) is 5.71. The summed E-state index contributed by atoms with van der Waals surface area (Å²) in [5, 5.41) is 12.3. The lowest BCUT2D eigenvalue weighted by Crippen LogP contribution is -2.58. The van der Waals surface area contributed by atoms with Crippen molar-refractivity contribution in [3.05, 3.63) is 64.2 Å². The normalized spacial score (nSPS) is 21.2. The third-order valence-electron chi connectivity index (χ3n) is 5.20. The summed E-state index contributed by atoms with van der Waals surface area (Å²) in [5.41, 5.74) is -8.61. The van der Waals surface area contributed by atoms with Gasteiger partial charge in [0.2, 0.25) is 0 Å². The monoisotopic (exact) mass is 461 g/mol. The van der Waals surface area contributed by atoms with Crippen molar-refractivity contribution < 1.29 is 36.2 Å². The number of H-pyrrole nitrogens is 1. The Balaban J connectivity index is 1.94. The number of carbonyl (C=O) groups is 1. The molecule has 1 heterocycles. The number of fused-ring (bicyclic) bond motifs is 1.